The summed E-state index contributed by atoms with van der Waals surface area (Å²) in [4.78, 5) is 4.89. The molecule has 0 spiro atoms. The van der Waals surface area contributed by atoms with Crippen molar-refractivity contribution in [1.82, 2.24) is 4.98 Å². The van der Waals surface area contributed by atoms with Crippen LogP contribution in [0.25, 0.3) is 44.1 Å². The van der Waals surface area contributed by atoms with Crippen LogP contribution in [0.2, 0.25) is 10.0 Å². The molecule has 0 atom stereocenters. The second-order valence-electron chi connectivity index (χ2n) is 6.87. The fourth-order valence-corrected chi connectivity index (χ4v) is 4.20. The predicted octanol–water partition coefficient (Wildman–Crippen LogP) is 8.17. The molecule has 1 nitrogen and oxygen atoms in total. The van der Waals surface area contributed by atoms with Gasteiger partial charge in [-0.2, -0.15) is 0 Å². The van der Waals surface area contributed by atoms with Gasteiger partial charge in [-0.1, -0.05) is 65.7 Å². The van der Waals surface area contributed by atoms with E-state index in [9.17, 15) is 4.39 Å². The van der Waals surface area contributed by atoms with Crippen molar-refractivity contribution in [3.05, 3.63) is 101 Å². The number of fused-ring (bicyclic) bond motifs is 3. The zero-order valence-corrected chi connectivity index (χ0v) is 16.7. The Kier molecular flexibility index (Phi) is 4.46. The molecule has 1 aromatic heterocycles. The van der Waals surface area contributed by atoms with Crippen LogP contribution in [0.5, 0.6) is 0 Å². The Hall–Kier alpha value is -2.94. The molecular formula is C25H14Cl2FN. The van der Waals surface area contributed by atoms with Crippen LogP contribution in [-0.4, -0.2) is 4.98 Å². The van der Waals surface area contributed by atoms with E-state index in [1.165, 1.54) is 12.1 Å². The van der Waals surface area contributed by atoms with Gasteiger partial charge in [0.2, 0.25) is 0 Å². The molecule has 0 N–H and O–H groups in total. The second kappa shape index (κ2) is 7.14. The summed E-state index contributed by atoms with van der Waals surface area (Å²) in [5.41, 5.74) is 4.30. The van der Waals surface area contributed by atoms with Crippen LogP contribution in [0.1, 0.15) is 0 Å². The van der Waals surface area contributed by atoms with Crippen LogP contribution in [-0.2, 0) is 0 Å². The number of benzene rings is 4. The van der Waals surface area contributed by atoms with Crippen LogP contribution in [0.3, 0.4) is 0 Å². The summed E-state index contributed by atoms with van der Waals surface area (Å²) in [6.07, 6.45) is 0. The van der Waals surface area contributed by atoms with Crippen LogP contribution >= 0.6 is 23.2 Å². The van der Waals surface area contributed by atoms with Gasteiger partial charge in [0.15, 0.2) is 0 Å². The molecule has 0 fully saturated rings. The molecular weight excluding hydrogens is 404 g/mol. The van der Waals surface area contributed by atoms with Gasteiger partial charge in [0.1, 0.15) is 5.82 Å². The maximum Gasteiger partial charge on any atom is 0.123 e. The Morgan fingerprint density at radius 3 is 2.31 bits per heavy atom. The van der Waals surface area contributed by atoms with Crippen molar-refractivity contribution in [2.45, 2.75) is 0 Å². The summed E-state index contributed by atoms with van der Waals surface area (Å²) >= 11 is 12.5. The highest BCUT2D eigenvalue weighted by Gasteiger charge is 2.14. The van der Waals surface area contributed by atoms with Crippen molar-refractivity contribution in [3.8, 4) is 22.4 Å². The van der Waals surface area contributed by atoms with E-state index in [-0.39, 0.29) is 5.82 Å². The van der Waals surface area contributed by atoms with Crippen LogP contribution < -0.4 is 0 Å². The Balaban J connectivity index is 1.88. The normalized spacial score (nSPS) is 11.3. The summed E-state index contributed by atoms with van der Waals surface area (Å²) in [5.74, 6) is -0.266. The topological polar surface area (TPSA) is 12.9 Å². The number of hydrogen-bond donors (Lipinski definition) is 0. The zero-order valence-electron chi connectivity index (χ0n) is 15.2. The summed E-state index contributed by atoms with van der Waals surface area (Å²) in [6.45, 7) is 0. The number of aromatic nitrogens is 1. The van der Waals surface area contributed by atoms with Crippen molar-refractivity contribution in [2.24, 2.45) is 0 Å². The molecule has 0 aliphatic heterocycles. The van der Waals surface area contributed by atoms with E-state index >= 15 is 0 Å². The molecule has 0 aliphatic rings. The van der Waals surface area contributed by atoms with E-state index in [4.69, 9.17) is 28.2 Å². The third-order valence-corrected chi connectivity index (χ3v) is 5.61. The average molecular weight is 418 g/mol. The van der Waals surface area contributed by atoms with Crippen molar-refractivity contribution in [2.75, 3.05) is 0 Å². The molecule has 0 saturated carbocycles. The molecule has 0 bridgehead atoms. The van der Waals surface area contributed by atoms with E-state index in [0.717, 1.165) is 44.1 Å². The van der Waals surface area contributed by atoms with Gasteiger partial charge in [-0.3, -0.25) is 0 Å². The Morgan fingerprint density at radius 1 is 0.724 bits per heavy atom. The minimum Gasteiger partial charge on any atom is -0.248 e. The average Bonchev–Trinajstić information content (AvgIpc) is 2.73. The number of rotatable bonds is 2. The number of halogens is 3. The van der Waals surface area contributed by atoms with Gasteiger partial charge in [-0.25, -0.2) is 9.37 Å². The van der Waals surface area contributed by atoms with E-state index in [1.54, 1.807) is 24.3 Å². The highest BCUT2D eigenvalue weighted by atomic mass is 35.5. The molecule has 5 rings (SSSR count). The molecule has 0 unspecified atom stereocenters. The Labute approximate surface area is 177 Å². The van der Waals surface area contributed by atoms with Crippen LogP contribution in [0, 0.1) is 5.82 Å². The summed E-state index contributed by atoms with van der Waals surface area (Å²) < 4.78 is 13.6. The molecule has 4 aromatic carbocycles. The molecule has 4 heteroatoms. The van der Waals surface area contributed by atoms with Crippen molar-refractivity contribution in [3.63, 3.8) is 0 Å². The zero-order chi connectivity index (χ0) is 20.0. The molecule has 0 amide bonds. The molecule has 29 heavy (non-hydrogen) atoms. The number of nitrogens with zero attached hydrogens (tertiary/aromatic N) is 1. The monoisotopic (exact) mass is 417 g/mol. The summed E-state index contributed by atoms with van der Waals surface area (Å²) in [7, 11) is 0. The van der Waals surface area contributed by atoms with Crippen molar-refractivity contribution >= 4 is 44.9 Å². The van der Waals surface area contributed by atoms with Gasteiger partial charge in [0, 0.05) is 16.0 Å². The maximum atomic E-state index is 13.6. The quantitative estimate of drug-likeness (QED) is 0.264. The van der Waals surface area contributed by atoms with Gasteiger partial charge in [-0.15, -0.1) is 0 Å². The first-order valence-corrected chi connectivity index (χ1v) is 9.89. The van der Waals surface area contributed by atoms with Crippen LogP contribution in [0.4, 0.5) is 4.39 Å². The first-order valence-electron chi connectivity index (χ1n) is 9.14. The molecule has 0 saturated heterocycles. The van der Waals surface area contributed by atoms with Crippen molar-refractivity contribution < 1.29 is 4.39 Å². The lowest BCUT2D eigenvalue weighted by atomic mass is 9.94. The Bertz CT molecular complexity index is 1380. The fourth-order valence-electron chi connectivity index (χ4n) is 3.70. The van der Waals surface area contributed by atoms with E-state index in [0.29, 0.717) is 10.0 Å². The molecule has 5 aromatic rings. The minimum absolute atomic E-state index is 0.266. The minimum atomic E-state index is -0.266. The van der Waals surface area contributed by atoms with Gasteiger partial charge in [0.25, 0.3) is 0 Å². The third-order valence-electron chi connectivity index (χ3n) is 5.06. The number of pyridine rings is 1. The lowest BCUT2D eigenvalue weighted by Gasteiger charge is -2.14. The summed E-state index contributed by atoms with van der Waals surface area (Å²) in [5, 5.41) is 4.37. The summed E-state index contributed by atoms with van der Waals surface area (Å²) in [6, 6.07) is 26.2. The highest BCUT2D eigenvalue weighted by molar-refractivity contribution is 6.36. The van der Waals surface area contributed by atoms with Gasteiger partial charge >= 0.3 is 0 Å². The molecule has 1 heterocycles. The third kappa shape index (κ3) is 3.25. The fraction of sp³-hybridized carbons (Fsp3) is 0. The first kappa shape index (κ1) is 18.1. The SMILES string of the molecule is Fc1ccc(-c2cc(-c3ccc(Cl)cc3Cl)nc3ccc4ccccc4c23)cc1. The lowest BCUT2D eigenvalue weighted by Crippen LogP contribution is -1.92. The molecule has 0 radical (unpaired) electrons. The van der Waals surface area contributed by atoms with Gasteiger partial charge in [-0.05, 0) is 64.4 Å². The van der Waals surface area contributed by atoms with E-state index in [2.05, 4.69) is 18.2 Å². The maximum absolute atomic E-state index is 13.6. The van der Waals surface area contributed by atoms with Crippen LogP contribution in [0.15, 0.2) is 84.9 Å². The second-order valence-corrected chi connectivity index (χ2v) is 7.71. The number of hydrogen-bond acceptors (Lipinski definition) is 1. The van der Waals surface area contributed by atoms with Gasteiger partial charge < -0.3 is 0 Å². The predicted molar refractivity (Wildman–Crippen MR) is 120 cm³/mol. The van der Waals surface area contributed by atoms with Gasteiger partial charge in [0.05, 0.1) is 16.2 Å². The highest BCUT2D eigenvalue weighted by Crippen LogP contribution is 2.38. The van der Waals surface area contributed by atoms with Crippen molar-refractivity contribution in [1.29, 1.82) is 0 Å². The lowest BCUT2D eigenvalue weighted by molar-refractivity contribution is 0.628. The van der Waals surface area contributed by atoms with E-state index < -0.39 is 0 Å². The largest absolute Gasteiger partial charge is 0.248 e. The van der Waals surface area contributed by atoms with E-state index in [1.807, 2.05) is 30.3 Å². The smallest absolute Gasteiger partial charge is 0.123 e. The first-order chi connectivity index (χ1) is 14.1. The standard InChI is InChI=1S/C25H14Cl2FN/c26-17-8-11-20(22(27)13-17)24-14-21(16-5-9-18(28)10-6-16)25-19-4-2-1-3-15(19)7-12-23(25)29-24/h1-14H. The molecule has 0 aliphatic carbocycles. The Morgan fingerprint density at radius 2 is 1.52 bits per heavy atom. The molecule has 140 valence electrons.